The molecular weight excluding hydrogens is 763 g/mol. The van der Waals surface area contributed by atoms with Gasteiger partial charge in [0.2, 0.25) is 0 Å². The van der Waals surface area contributed by atoms with E-state index in [1.54, 1.807) is 0 Å². The van der Waals surface area contributed by atoms with Crippen molar-refractivity contribution in [2.75, 3.05) is 0 Å². The minimum Gasteiger partial charge on any atom is -0.208 e. The first-order valence-corrected chi connectivity index (χ1v) is 21.6. The zero-order chi connectivity index (χ0) is 41.5. The topological polar surface area (TPSA) is 38.7 Å². The number of hydrogen-bond acceptors (Lipinski definition) is 3. The first-order valence-electron chi connectivity index (χ1n) is 21.6. The van der Waals surface area contributed by atoms with Gasteiger partial charge >= 0.3 is 0 Å². The van der Waals surface area contributed by atoms with Gasteiger partial charge in [-0.3, -0.25) is 0 Å². The molecule has 0 N–H and O–H groups in total. The number of nitrogens with zero attached hydrogens (tertiary/aromatic N) is 3. The normalized spacial score (nSPS) is 12.9. The predicted molar refractivity (Wildman–Crippen MR) is 258 cm³/mol. The van der Waals surface area contributed by atoms with Crippen molar-refractivity contribution in [1.29, 1.82) is 0 Å². The van der Waals surface area contributed by atoms with Crippen LogP contribution in [-0.2, 0) is 5.41 Å². The maximum atomic E-state index is 5.29. The largest absolute Gasteiger partial charge is 0.208 e. The Kier molecular flexibility index (Phi) is 7.82. The molecule has 3 nitrogen and oxygen atoms in total. The number of fused-ring (bicyclic) bond motifs is 12. The van der Waals surface area contributed by atoms with E-state index in [0.29, 0.717) is 17.5 Å². The lowest BCUT2D eigenvalue weighted by Crippen LogP contribution is -2.25. The number of aromatic nitrogens is 3. The Bertz CT molecular complexity index is 3600. The van der Waals surface area contributed by atoms with Gasteiger partial charge in [0.1, 0.15) is 0 Å². The van der Waals surface area contributed by atoms with Crippen molar-refractivity contribution >= 4 is 21.5 Å². The summed E-state index contributed by atoms with van der Waals surface area (Å²) < 4.78 is 0. The summed E-state index contributed by atoms with van der Waals surface area (Å²) in [5.41, 5.74) is 17.6. The minimum atomic E-state index is -0.408. The average Bonchev–Trinajstić information content (AvgIpc) is 3.84. The Morgan fingerprint density at radius 3 is 1.52 bits per heavy atom. The van der Waals surface area contributed by atoms with Crippen molar-refractivity contribution in [3.8, 4) is 78.7 Å². The molecule has 1 spiro atoms. The summed E-state index contributed by atoms with van der Waals surface area (Å²) in [5.74, 6) is 1.91. The van der Waals surface area contributed by atoms with Crippen LogP contribution in [0.1, 0.15) is 22.3 Å². The first kappa shape index (κ1) is 35.5. The van der Waals surface area contributed by atoms with Crippen molar-refractivity contribution in [2.24, 2.45) is 0 Å². The third-order valence-corrected chi connectivity index (χ3v) is 13.3. The second-order valence-corrected chi connectivity index (χ2v) is 16.7. The number of benzene rings is 10. The Hall–Kier alpha value is -8.27. The van der Waals surface area contributed by atoms with Crippen molar-refractivity contribution < 1.29 is 0 Å². The predicted octanol–water partition coefficient (Wildman–Crippen LogP) is 14.9. The minimum absolute atomic E-state index is 0.408. The summed E-state index contributed by atoms with van der Waals surface area (Å²) in [6.07, 6.45) is 0. The molecule has 0 radical (unpaired) electrons. The molecule has 0 atom stereocenters. The van der Waals surface area contributed by atoms with Crippen LogP contribution in [-0.4, -0.2) is 15.0 Å². The van der Waals surface area contributed by atoms with Crippen LogP contribution in [0, 0.1) is 0 Å². The summed E-state index contributed by atoms with van der Waals surface area (Å²) >= 11 is 0. The zero-order valence-electron chi connectivity index (χ0n) is 34.2. The maximum absolute atomic E-state index is 5.29. The van der Waals surface area contributed by atoms with Crippen molar-refractivity contribution in [3.05, 3.63) is 247 Å². The number of rotatable bonds is 5. The number of hydrogen-bond donors (Lipinski definition) is 0. The molecule has 2 aliphatic carbocycles. The van der Waals surface area contributed by atoms with Crippen molar-refractivity contribution in [3.63, 3.8) is 0 Å². The molecule has 11 aromatic rings. The Balaban J connectivity index is 0.963. The molecule has 1 aromatic heterocycles. The van der Waals surface area contributed by atoms with Gasteiger partial charge in [0.15, 0.2) is 17.5 Å². The van der Waals surface area contributed by atoms with E-state index in [4.69, 9.17) is 15.0 Å². The van der Waals surface area contributed by atoms with E-state index in [-0.39, 0.29) is 0 Å². The quantitative estimate of drug-likeness (QED) is 0.174. The molecule has 2 aliphatic rings. The van der Waals surface area contributed by atoms with Gasteiger partial charge in [0.25, 0.3) is 0 Å². The lowest BCUT2D eigenvalue weighted by Gasteiger charge is -2.30. The lowest BCUT2D eigenvalue weighted by molar-refractivity contribution is 0.794. The van der Waals surface area contributed by atoms with Gasteiger partial charge in [0, 0.05) is 16.7 Å². The smallest absolute Gasteiger partial charge is 0.164 e. The summed E-state index contributed by atoms with van der Waals surface area (Å²) in [6.45, 7) is 0. The highest BCUT2D eigenvalue weighted by atomic mass is 15.0. The highest BCUT2D eigenvalue weighted by Gasteiger charge is 2.51. The zero-order valence-corrected chi connectivity index (χ0v) is 34.2. The van der Waals surface area contributed by atoms with Crippen LogP contribution in [0.4, 0.5) is 0 Å². The molecule has 10 aromatic carbocycles. The molecular formula is C60H37N3. The molecule has 0 aliphatic heterocycles. The van der Waals surface area contributed by atoms with Crippen LogP contribution >= 0.6 is 0 Å². The highest BCUT2D eigenvalue weighted by Crippen LogP contribution is 2.64. The summed E-state index contributed by atoms with van der Waals surface area (Å²) in [6, 6.07) is 81.1. The molecule has 292 valence electrons. The Labute approximate surface area is 365 Å². The summed E-state index contributed by atoms with van der Waals surface area (Å²) in [4.78, 5) is 15.7. The maximum Gasteiger partial charge on any atom is 0.164 e. The van der Waals surface area contributed by atoms with Crippen LogP contribution in [0.15, 0.2) is 224 Å². The van der Waals surface area contributed by atoms with Gasteiger partial charge in [-0.25, -0.2) is 15.0 Å². The Morgan fingerprint density at radius 1 is 0.254 bits per heavy atom. The van der Waals surface area contributed by atoms with Crippen LogP contribution in [0.3, 0.4) is 0 Å². The molecule has 0 fully saturated rings. The fourth-order valence-electron chi connectivity index (χ4n) is 10.6. The molecule has 1 heterocycles. The van der Waals surface area contributed by atoms with E-state index < -0.39 is 5.41 Å². The van der Waals surface area contributed by atoms with Gasteiger partial charge in [-0.05, 0) is 107 Å². The molecule has 13 rings (SSSR count). The van der Waals surface area contributed by atoms with E-state index in [9.17, 15) is 0 Å². The van der Waals surface area contributed by atoms with Crippen LogP contribution < -0.4 is 0 Å². The molecule has 3 heteroatoms. The first-order chi connectivity index (χ1) is 31.2. The molecule has 0 saturated carbocycles. The fraction of sp³-hybridized carbons (Fsp3) is 0.0167. The van der Waals surface area contributed by atoms with Gasteiger partial charge < -0.3 is 0 Å². The van der Waals surface area contributed by atoms with E-state index in [1.165, 1.54) is 72.0 Å². The third-order valence-electron chi connectivity index (χ3n) is 13.3. The lowest BCUT2D eigenvalue weighted by atomic mass is 9.70. The summed E-state index contributed by atoms with van der Waals surface area (Å²) in [7, 11) is 0. The SMILES string of the molecule is c1ccc(-c2nc(-c3cccc(-c4cccc5c4-c4ccccc4C54c5ccccc5-c5ccccc54)c3)nc(-c3cccc4cc(-c5ccc6ccccc6c5)ccc34)n2)cc1. The van der Waals surface area contributed by atoms with Crippen LogP contribution in [0.2, 0.25) is 0 Å². The van der Waals surface area contributed by atoms with Crippen LogP contribution in [0.25, 0.3) is 100 Å². The van der Waals surface area contributed by atoms with E-state index in [2.05, 4.69) is 206 Å². The monoisotopic (exact) mass is 799 g/mol. The standard InChI is InChI=1S/C60H37N3/c1-2-16-39(17-3-1)57-61-58(63-59(62-57)50-26-13-20-43-36-42(33-34-46(43)50)41-32-31-38-15-4-5-18-40(38)35-41)45-21-12-19-44(37-45)47-25-14-30-55-56(47)51-24-8-11-29-54(51)60(55)52-27-9-6-22-48(52)49-23-7-10-28-53(49)60/h1-37H. The van der Waals surface area contributed by atoms with E-state index in [0.717, 1.165) is 33.0 Å². The van der Waals surface area contributed by atoms with Crippen LogP contribution in [0.5, 0.6) is 0 Å². The van der Waals surface area contributed by atoms with Gasteiger partial charge in [0.05, 0.1) is 5.41 Å². The third kappa shape index (κ3) is 5.36. The molecule has 0 bridgehead atoms. The second kappa shape index (κ2) is 13.9. The average molecular weight is 800 g/mol. The van der Waals surface area contributed by atoms with Crippen molar-refractivity contribution in [1.82, 2.24) is 15.0 Å². The molecule has 0 unspecified atom stereocenters. The fourth-order valence-corrected chi connectivity index (χ4v) is 10.6. The Morgan fingerprint density at radius 2 is 0.746 bits per heavy atom. The van der Waals surface area contributed by atoms with E-state index >= 15 is 0 Å². The second-order valence-electron chi connectivity index (χ2n) is 16.7. The summed E-state index contributed by atoms with van der Waals surface area (Å²) in [5, 5.41) is 4.69. The van der Waals surface area contributed by atoms with E-state index in [1.807, 2.05) is 18.2 Å². The highest BCUT2D eigenvalue weighted by molar-refractivity contribution is 6.01. The molecule has 63 heavy (non-hydrogen) atoms. The van der Waals surface area contributed by atoms with Crippen molar-refractivity contribution in [2.45, 2.75) is 5.41 Å². The molecule has 0 amide bonds. The van der Waals surface area contributed by atoms with Gasteiger partial charge in [-0.2, -0.15) is 0 Å². The molecule has 0 saturated heterocycles. The van der Waals surface area contributed by atoms with Gasteiger partial charge in [-0.15, -0.1) is 0 Å². The van der Waals surface area contributed by atoms with Gasteiger partial charge in [-0.1, -0.05) is 206 Å².